The summed E-state index contributed by atoms with van der Waals surface area (Å²) in [5.41, 5.74) is 3.44. The zero-order chi connectivity index (χ0) is 24.1. The number of para-hydroxylation sites is 2. The maximum absolute atomic E-state index is 13.3. The highest BCUT2D eigenvalue weighted by Gasteiger charge is 2.21. The van der Waals surface area contributed by atoms with Crippen molar-refractivity contribution in [1.82, 2.24) is 14.5 Å². The molecule has 0 N–H and O–H groups in total. The molecule has 0 radical (unpaired) electrons. The number of hydrogen-bond acceptors (Lipinski definition) is 5. The van der Waals surface area contributed by atoms with Crippen LogP contribution in [0.1, 0.15) is 28.7 Å². The molecule has 34 heavy (non-hydrogen) atoms. The summed E-state index contributed by atoms with van der Waals surface area (Å²) in [6.07, 6.45) is 0. The van der Waals surface area contributed by atoms with E-state index in [1.165, 1.54) is 0 Å². The van der Waals surface area contributed by atoms with E-state index in [9.17, 15) is 4.79 Å². The van der Waals surface area contributed by atoms with Gasteiger partial charge in [0.15, 0.2) is 11.5 Å². The number of carbonyl (C=O) groups excluding carboxylic acids is 1. The molecule has 0 aliphatic rings. The standard InChI is InChI=1S/C27H29N3O4/c1-5-30-22-14-10-9-13-21(22)28-25(30)17-29(2)27(31)20-15-23(32-3)26(24(16-20)33-4)34-18-19-11-7-6-8-12-19/h6-16H,5,17-18H2,1-4H3. The van der Waals surface area contributed by atoms with E-state index in [0.717, 1.165) is 29.0 Å². The summed E-state index contributed by atoms with van der Waals surface area (Å²) >= 11 is 0. The van der Waals surface area contributed by atoms with Crippen LogP contribution in [-0.4, -0.2) is 41.6 Å². The molecule has 7 heteroatoms. The first-order valence-electron chi connectivity index (χ1n) is 11.2. The minimum absolute atomic E-state index is 0.166. The van der Waals surface area contributed by atoms with Gasteiger partial charge in [-0.3, -0.25) is 4.79 Å². The number of rotatable bonds is 9. The van der Waals surface area contributed by atoms with Crippen LogP contribution in [0.25, 0.3) is 11.0 Å². The minimum Gasteiger partial charge on any atom is -0.493 e. The Morgan fingerprint density at radius 3 is 2.26 bits per heavy atom. The number of aromatic nitrogens is 2. The third-order valence-corrected chi connectivity index (χ3v) is 5.71. The lowest BCUT2D eigenvalue weighted by molar-refractivity contribution is 0.0779. The summed E-state index contributed by atoms with van der Waals surface area (Å²) in [5.74, 6) is 2.00. The summed E-state index contributed by atoms with van der Waals surface area (Å²) < 4.78 is 19.2. The van der Waals surface area contributed by atoms with Crippen molar-refractivity contribution in [3.8, 4) is 17.2 Å². The lowest BCUT2D eigenvalue weighted by Gasteiger charge is -2.20. The van der Waals surface area contributed by atoms with Crippen molar-refractivity contribution in [2.75, 3.05) is 21.3 Å². The van der Waals surface area contributed by atoms with E-state index in [1.54, 1.807) is 38.3 Å². The van der Waals surface area contributed by atoms with E-state index in [4.69, 9.17) is 19.2 Å². The van der Waals surface area contributed by atoms with Crippen molar-refractivity contribution in [3.05, 3.63) is 83.7 Å². The second-order valence-corrected chi connectivity index (χ2v) is 7.91. The van der Waals surface area contributed by atoms with E-state index in [-0.39, 0.29) is 5.91 Å². The van der Waals surface area contributed by atoms with Crippen LogP contribution in [0.4, 0.5) is 0 Å². The molecule has 4 aromatic rings. The number of carbonyl (C=O) groups is 1. The van der Waals surface area contributed by atoms with Crippen LogP contribution in [0.15, 0.2) is 66.7 Å². The van der Waals surface area contributed by atoms with E-state index >= 15 is 0 Å². The van der Waals surface area contributed by atoms with E-state index in [1.807, 2.05) is 54.6 Å². The van der Waals surface area contributed by atoms with Gasteiger partial charge in [-0.05, 0) is 36.8 Å². The molecule has 0 atom stereocenters. The van der Waals surface area contributed by atoms with Crippen LogP contribution in [0.2, 0.25) is 0 Å². The number of ether oxygens (including phenoxy) is 3. The number of fused-ring (bicyclic) bond motifs is 1. The summed E-state index contributed by atoms with van der Waals surface area (Å²) in [6, 6.07) is 21.2. The van der Waals surface area contributed by atoms with Crippen molar-refractivity contribution >= 4 is 16.9 Å². The van der Waals surface area contributed by atoms with Crippen LogP contribution in [-0.2, 0) is 19.7 Å². The Balaban J connectivity index is 1.58. The summed E-state index contributed by atoms with van der Waals surface area (Å²) in [4.78, 5) is 19.7. The maximum atomic E-state index is 13.3. The van der Waals surface area contributed by atoms with Gasteiger partial charge >= 0.3 is 0 Å². The highest BCUT2D eigenvalue weighted by molar-refractivity contribution is 5.95. The van der Waals surface area contributed by atoms with Gasteiger partial charge in [0.1, 0.15) is 12.4 Å². The lowest BCUT2D eigenvalue weighted by atomic mass is 10.1. The number of benzene rings is 3. The van der Waals surface area contributed by atoms with Gasteiger partial charge in [0.25, 0.3) is 5.91 Å². The molecule has 4 rings (SSSR count). The molecule has 1 amide bonds. The molecule has 0 fully saturated rings. The molecule has 0 bridgehead atoms. The topological polar surface area (TPSA) is 65.8 Å². The first kappa shape index (κ1) is 23.2. The fourth-order valence-electron chi connectivity index (χ4n) is 3.98. The molecule has 0 saturated heterocycles. The number of imidazole rings is 1. The molecule has 176 valence electrons. The van der Waals surface area contributed by atoms with Gasteiger partial charge in [0.05, 0.1) is 31.8 Å². The van der Waals surface area contributed by atoms with Gasteiger partial charge in [0.2, 0.25) is 5.75 Å². The molecular formula is C27H29N3O4. The van der Waals surface area contributed by atoms with Gasteiger partial charge < -0.3 is 23.7 Å². The zero-order valence-electron chi connectivity index (χ0n) is 19.9. The Morgan fingerprint density at radius 1 is 0.971 bits per heavy atom. The molecular weight excluding hydrogens is 430 g/mol. The number of nitrogens with zero attached hydrogens (tertiary/aromatic N) is 3. The second kappa shape index (κ2) is 10.3. The quantitative estimate of drug-likeness (QED) is 0.355. The Kier molecular flexibility index (Phi) is 7.01. The average molecular weight is 460 g/mol. The van der Waals surface area contributed by atoms with Crippen LogP contribution < -0.4 is 14.2 Å². The number of hydrogen-bond donors (Lipinski definition) is 0. The van der Waals surface area contributed by atoms with Gasteiger partial charge in [-0.15, -0.1) is 0 Å². The number of methoxy groups -OCH3 is 2. The largest absolute Gasteiger partial charge is 0.493 e. The van der Waals surface area contributed by atoms with Crippen molar-refractivity contribution in [3.63, 3.8) is 0 Å². The molecule has 3 aromatic carbocycles. The maximum Gasteiger partial charge on any atom is 0.254 e. The summed E-state index contributed by atoms with van der Waals surface area (Å²) in [7, 11) is 4.86. The SMILES string of the molecule is CCn1c(CN(C)C(=O)c2cc(OC)c(OCc3ccccc3)c(OC)c2)nc2ccccc21. The van der Waals surface area contributed by atoms with Crippen LogP contribution in [0.3, 0.4) is 0 Å². The van der Waals surface area contributed by atoms with Gasteiger partial charge in [-0.1, -0.05) is 42.5 Å². The van der Waals surface area contributed by atoms with Crippen molar-refractivity contribution in [2.45, 2.75) is 26.6 Å². The van der Waals surface area contributed by atoms with Crippen molar-refractivity contribution in [2.24, 2.45) is 0 Å². The first-order chi connectivity index (χ1) is 16.5. The Hall–Kier alpha value is -4.00. The Bertz CT molecular complexity index is 1260. The fraction of sp³-hybridized carbons (Fsp3) is 0.259. The third-order valence-electron chi connectivity index (χ3n) is 5.71. The third kappa shape index (κ3) is 4.69. The minimum atomic E-state index is -0.166. The predicted molar refractivity (Wildman–Crippen MR) is 132 cm³/mol. The Labute approximate surface area is 199 Å². The molecule has 0 aliphatic heterocycles. The highest BCUT2D eigenvalue weighted by Crippen LogP contribution is 2.39. The molecule has 0 spiro atoms. The van der Waals surface area contributed by atoms with Gasteiger partial charge in [-0.2, -0.15) is 0 Å². The lowest BCUT2D eigenvalue weighted by Crippen LogP contribution is -2.27. The zero-order valence-corrected chi connectivity index (χ0v) is 19.9. The van der Waals surface area contributed by atoms with E-state index in [2.05, 4.69) is 11.5 Å². The molecule has 1 aromatic heterocycles. The van der Waals surface area contributed by atoms with Gasteiger partial charge in [-0.25, -0.2) is 4.98 Å². The number of aryl methyl sites for hydroxylation is 1. The Morgan fingerprint density at radius 2 is 1.62 bits per heavy atom. The summed E-state index contributed by atoms with van der Waals surface area (Å²) in [6.45, 7) is 3.57. The molecule has 7 nitrogen and oxygen atoms in total. The fourth-order valence-corrected chi connectivity index (χ4v) is 3.98. The average Bonchev–Trinajstić information content (AvgIpc) is 3.23. The molecule has 1 heterocycles. The monoisotopic (exact) mass is 459 g/mol. The van der Waals surface area contributed by atoms with Crippen molar-refractivity contribution in [1.29, 1.82) is 0 Å². The van der Waals surface area contributed by atoms with Crippen molar-refractivity contribution < 1.29 is 19.0 Å². The predicted octanol–water partition coefficient (Wildman–Crippen LogP) is 4.92. The van der Waals surface area contributed by atoms with Gasteiger partial charge in [0, 0.05) is 19.2 Å². The number of amides is 1. The van der Waals surface area contributed by atoms with Crippen LogP contribution in [0, 0.1) is 0 Å². The molecule has 0 unspecified atom stereocenters. The van der Waals surface area contributed by atoms with Crippen LogP contribution in [0.5, 0.6) is 17.2 Å². The van der Waals surface area contributed by atoms with E-state index in [0.29, 0.717) is 36.0 Å². The summed E-state index contributed by atoms with van der Waals surface area (Å²) in [5, 5.41) is 0. The smallest absolute Gasteiger partial charge is 0.254 e. The second-order valence-electron chi connectivity index (χ2n) is 7.91. The van der Waals surface area contributed by atoms with Crippen LogP contribution >= 0.6 is 0 Å². The molecule has 0 aliphatic carbocycles. The first-order valence-corrected chi connectivity index (χ1v) is 11.2. The van der Waals surface area contributed by atoms with E-state index < -0.39 is 0 Å². The highest BCUT2D eigenvalue weighted by atomic mass is 16.5. The normalized spacial score (nSPS) is 10.8. The molecule has 0 saturated carbocycles.